The molecule has 0 atom stereocenters. The molecule has 0 amide bonds. The summed E-state index contributed by atoms with van der Waals surface area (Å²) in [6.07, 6.45) is 6.29. The molecule has 0 saturated heterocycles. The van der Waals surface area contributed by atoms with Crippen molar-refractivity contribution in [2.75, 3.05) is 13.1 Å². The van der Waals surface area contributed by atoms with Crippen molar-refractivity contribution in [1.82, 2.24) is 4.90 Å². The molecule has 0 aromatic rings. The zero-order valence-electron chi connectivity index (χ0n) is 9.50. The van der Waals surface area contributed by atoms with E-state index in [1.54, 1.807) is 0 Å². The Morgan fingerprint density at radius 3 is 2.50 bits per heavy atom. The Labute approximate surface area is 87.9 Å². The Morgan fingerprint density at radius 2 is 2.00 bits per heavy atom. The largest absolute Gasteiger partial charge is 0.300 e. The van der Waals surface area contributed by atoms with Crippen molar-refractivity contribution in [3.8, 4) is 6.07 Å². The van der Waals surface area contributed by atoms with Gasteiger partial charge in [-0.05, 0) is 32.6 Å². The van der Waals surface area contributed by atoms with Crippen LogP contribution in [0.25, 0.3) is 0 Å². The van der Waals surface area contributed by atoms with Crippen LogP contribution in [0, 0.1) is 17.2 Å². The Kier molecular flexibility index (Phi) is 4.97. The number of rotatable bonds is 5. The van der Waals surface area contributed by atoms with Gasteiger partial charge in [0.05, 0.1) is 6.07 Å². The van der Waals surface area contributed by atoms with Gasteiger partial charge in [0, 0.05) is 25.6 Å². The number of hydrogen-bond donors (Lipinski definition) is 0. The van der Waals surface area contributed by atoms with Crippen LogP contribution in [0.2, 0.25) is 0 Å². The fraction of sp³-hybridized carbons (Fsp3) is 0.917. The maximum atomic E-state index is 8.58. The third-order valence-electron chi connectivity index (χ3n) is 3.21. The molecule has 2 nitrogen and oxygen atoms in total. The molecular weight excluding hydrogens is 172 g/mol. The van der Waals surface area contributed by atoms with Gasteiger partial charge in [0.1, 0.15) is 0 Å². The van der Waals surface area contributed by atoms with Crippen molar-refractivity contribution in [2.45, 2.75) is 52.0 Å². The second-order valence-corrected chi connectivity index (χ2v) is 4.65. The third-order valence-corrected chi connectivity index (χ3v) is 3.21. The van der Waals surface area contributed by atoms with Gasteiger partial charge in [-0.2, -0.15) is 5.26 Å². The van der Waals surface area contributed by atoms with E-state index < -0.39 is 0 Å². The molecule has 0 spiro atoms. The standard InChI is InChI=1S/C12H22N2/c1-11(2)14(9-5-8-13)10-12-6-3-4-7-12/h11-12H,3-7,9-10H2,1-2H3. The maximum Gasteiger partial charge on any atom is 0.0635 e. The minimum atomic E-state index is 0.587. The van der Waals surface area contributed by atoms with Gasteiger partial charge in [0.15, 0.2) is 0 Å². The number of hydrogen-bond acceptors (Lipinski definition) is 2. The topological polar surface area (TPSA) is 27.0 Å². The van der Waals surface area contributed by atoms with Crippen LogP contribution < -0.4 is 0 Å². The van der Waals surface area contributed by atoms with E-state index in [1.165, 1.54) is 32.2 Å². The van der Waals surface area contributed by atoms with Crippen molar-refractivity contribution in [2.24, 2.45) is 5.92 Å². The van der Waals surface area contributed by atoms with E-state index in [9.17, 15) is 0 Å². The van der Waals surface area contributed by atoms with Crippen LogP contribution in [-0.4, -0.2) is 24.0 Å². The van der Waals surface area contributed by atoms with E-state index >= 15 is 0 Å². The molecule has 0 radical (unpaired) electrons. The summed E-state index contributed by atoms with van der Waals surface area (Å²) in [5.74, 6) is 0.899. The average Bonchev–Trinajstić information content (AvgIpc) is 2.64. The van der Waals surface area contributed by atoms with Crippen LogP contribution >= 0.6 is 0 Å². The van der Waals surface area contributed by atoms with Gasteiger partial charge >= 0.3 is 0 Å². The fourth-order valence-corrected chi connectivity index (χ4v) is 2.28. The predicted molar refractivity (Wildman–Crippen MR) is 58.9 cm³/mol. The van der Waals surface area contributed by atoms with Crippen LogP contribution in [0.15, 0.2) is 0 Å². The van der Waals surface area contributed by atoms with Crippen LogP contribution in [0.4, 0.5) is 0 Å². The first-order chi connectivity index (χ1) is 6.74. The zero-order valence-corrected chi connectivity index (χ0v) is 9.50. The summed E-state index contributed by atoms with van der Waals surface area (Å²) in [7, 11) is 0. The van der Waals surface area contributed by atoms with Gasteiger partial charge in [-0.1, -0.05) is 12.8 Å². The van der Waals surface area contributed by atoms with Crippen LogP contribution in [0.1, 0.15) is 46.0 Å². The monoisotopic (exact) mass is 194 g/mol. The van der Waals surface area contributed by atoms with E-state index in [0.717, 1.165) is 12.5 Å². The second-order valence-electron chi connectivity index (χ2n) is 4.65. The lowest BCUT2D eigenvalue weighted by molar-refractivity contribution is 0.192. The van der Waals surface area contributed by atoms with Gasteiger partial charge in [0.2, 0.25) is 0 Å². The normalized spacial score (nSPS) is 17.9. The molecule has 2 heteroatoms. The summed E-state index contributed by atoms with van der Waals surface area (Å²) < 4.78 is 0. The molecule has 1 saturated carbocycles. The molecule has 0 heterocycles. The van der Waals surface area contributed by atoms with E-state index in [-0.39, 0.29) is 0 Å². The highest BCUT2D eigenvalue weighted by Crippen LogP contribution is 2.26. The Balaban J connectivity index is 2.30. The molecule has 1 aliphatic rings. The molecule has 0 aromatic carbocycles. The molecule has 1 fully saturated rings. The summed E-state index contributed by atoms with van der Waals surface area (Å²) in [4.78, 5) is 2.46. The summed E-state index contributed by atoms with van der Waals surface area (Å²) in [5, 5.41) is 8.58. The van der Waals surface area contributed by atoms with Gasteiger partial charge < -0.3 is 0 Å². The molecule has 0 unspecified atom stereocenters. The first kappa shape index (κ1) is 11.5. The average molecular weight is 194 g/mol. The van der Waals surface area contributed by atoms with Gasteiger partial charge in [-0.25, -0.2) is 0 Å². The summed E-state index contributed by atoms with van der Waals surface area (Å²) in [6.45, 7) is 6.61. The molecule has 0 aromatic heterocycles. The second kappa shape index (κ2) is 6.03. The van der Waals surface area contributed by atoms with Crippen molar-refractivity contribution >= 4 is 0 Å². The van der Waals surface area contributed by atoms with E-state index in [4.69, 9.17) is 5.26 Å². The van der Waals surface area contributed by atoms with Crippen molar-refractivity contribution < 1.29 is 0 Å². The zero-order chi connectivity index (χ0) is 10.4. The van der Waals surface area contributed by atoms with Crippen LogP contribution in [0.3, 0.4) is 0 Å². The highest BCUT2D eigenvalue weighted by atomic mass is 15.1. The summed E-state index contributed by atoms with van der Waals surface area (Å²) in [5.41, 5.74) is 0. The van der Waals surface area contributed by atoms with E-state index in [2.05, 4.69) is 24.8 Å². The minimum Gasteiger partial charge on any atom is -0.300 e. The van der Waals surface area contributed by atoms with Gasteiger partial charge in [0.25, 0.3) is 0 Å². The summed E-state index contributed by atoms with van der Waals surface area (Å²) in [6, 6.07) is 2.82. The van der Waals surface area contributed by atoms with E-state index in [1.807, 2.05) is 0 Å². The third kappa shape index (κ3) is 3.67. The molecule has 1 rings (SSSR count). The molecule has 1 aliphatic carbocycles. The minimum absolute atomic E-state index is 0.587. The smallest absolute Gasteiger partial charge is 0.0635 e. The molecular formula is C12H22N2. The number of nitrogens with zero attached hydrogens (tertiary/aromatic N) is 2. The lowest BCUT2D eigenvalue weighted by atomic mass is 10.1. The molecule has 0 aliphatic heterocycles. The SMILES string of the molecule is CC(C)N(CCC#N)CC1CCCC1. The molecule has 14 heavy (non-hydrogen) atoms. The van der Waals surface area contributed by atoms with Crippen molar-refractivity contribution in [3.05, 3.63) is 0 Å². The van der Waals surface area contributed by atoms with Gasteiger partial charge in [-0.15, -0.1) is 0 Å². The molecule has 0 N–H and O–H groups in total. The molecule has 80 valence electrons. The first-order valence-corrected chi connectivity index (χ1v) is 5.85. The Hall–Kier alpha value is -0.550. The predicted octanol–water partition coefficient (Wildman–Crippen LogP) is 2.80. The maximum absolute atomic E-state index is 8.58. The highest BCUT2D eigenvalue weighted by molar-refractivity contribution is 4.77. The lowest BCUT2D eigenvalue weighted by Crippen LogP contribution is -2.35. The Bertz CT molecular complexity index is 187. The summed E-state index contributed by atoms with van der Waals surface area (Å²) >= 11 is 0. The van der Waals surface area contributed by atoms with Crippen LogP contribution in [0.5, 0.6) is 0 Å². The quantitative estimate of drug-likeness (QED) is 0.673. The lowest BCUT2D eigenvalue weighted by Gasteiger charge is -2.28. The highest BCUT2D eigenvalue weighted by Gasteiger charge is 2.19. The Morgan fingerprint density at radius 1 is 1.36 bits per heavy atom. The van der Waals surface area contributed by atoms with E-state index in [0.29, 0.717) is 12.5 Å². The number of nitriles is 1. The fourth-order valence-electron chi connectivity index (χ4n) is 2.28. The van der Waals surface area contributed by atoms with Crippen molar-refractivity contribution in [1.29, 1.82) is 5.26 Å². The molecule has 0 bridgehead atoms. The first-order valence-electron chi connectivity index (χ1n) is 5.85. The van der Waals surface area contributed by atoms with Gasteiger partial charge in [-0.3, -0.25) is 4.90 Å². The van der Waals surface area contributed by atoms with Crippen molar-refractivity contribution in [3.63, 3.8) is 0 Å². The van der Waals surface area contributed by atoms with Crippen LogP contribution in [-0.2, 0) is 0 Å².